The van der Waals surface area contributed by atoms with E-state index in [1.807, 2.05) is 30.3 Å². The fraction of sp³-hybridized carbons (Fsp3) is 0.500. The Morgan fingerprint density at radius 3 is 2.29 bits per heavy atom. The minimum atomic E-state index is -0.259. The van der Waals surface area contributed by atoms with Crippen molar-refractivity contribution < 1.29 is 14.4 Å². The highest BCUT2D eigenvalue weighted by Gasteiger charge is 2.37. The minimum absolute atomic E-state index is 0.0413. The van der Waals surface area contributed by atoms with Crippen LogP contribution in [-0.4, -0.2) is 65.1 Å². The second-order valence-electron chi connectivity index (χ2n) is 6.49. The number of hydrogen-bond donors (Lipinski definition) is 0. The maximum atomic E-state index is 12.7. The van der Waals surface area contributed by atoms with Crippen LogP contribution in [0, 0.1) is 5.92 Å². The van der Waals surface area contributed by atoms with Crippen LogP contribution in [0.4, 0.5) is 0 Å². The molecule has 2 aliphatic rings. The number of amides is 3. The molecule has 3 rings (SSSR count). The zero-order chi connectivity index (χ0) is 17.1. The quantitative estimate of drug-likeness (QED) is 0.821. The van der Waals surface area contributed by atoms with Crippen LogP contribution in [0.1, 0.15) is 18.9 Å². The first-order valence-electron chi connectivity index (χ1n) is 8.40. The first-order chi connectivity index (χ1) is 11.5. The molecular weight excluding hydrogens is 306 g/mol. The lowest BCUT2D eigenvalue weighted by Crippen LogP contribution is -2.51. The summed E-state index contributed by atoms with van der Waals surface area (Å²) in [5.41, 5.74) is 1.08. The van der Waals surface area contributed by atoms with Crippen LogP contribution < -0.4 is 0 Å². The SMILES string of the molecule is CC(=O)N1CCN(C(=O)C2CC(=O)N(Cc3ccccc3)C2)CC1. The number of likely N-dealkylation sites (tertiary alicyclic amines) is 1. The molecule has 6 heteroatoms. The molecule has 2 heterocycles. The molecule has 3 amide bonds. The van der Waals surface area contributed by atoms with E-state index in [0.717, 1.165) is 5.56 Å². The average Bonchev–Trinajstić information content (AvgIpc) is 2.96. The molecule has 0 N–H and O–H groups in total. The smallest absolute Gasteiger partial charge is 0.228 e. The normalized spacial score (nSPS) is 21.3. The van der Waals surface area contributed by atoms with E-state index in [9.17, 15) is 14.4 Å². The first kappa shape index (κ1) is 16.5. The molecule has 1 unspecified atom stereocenters. The summed E-state index contributed by atoms with van der Waals surface area (Å²) >= 11 is 0. The van der Waals surface area contributed by atoms with Crippen LogP contribution >= 0.6 is 0 Å². The van der Waals surface area contributed by atoms with Crippen LogP contribution in [0.2, 0.25) is 0 Å². The predicted molar refractivity (Wildman–Crippen MR) is 88.8 cm³/mol. The zero-order valence-corrected chi connectivity index (χ0v) is 14.0. The molecule has 1 aromatic rings. The summed E-state index contributed by atoms with van der Waals surface area (Å²) in [6.45, 7) is 4.87. The second-order valence-corrected chi connectivity index (χ2v) is 6.49. The average molecular weight is 329 g/mol. The highest BCUT2D eigenvalue weighted by atomic mass is 16.2. The minimum Gasteiger partial charge on any atom is -0.339 e. The van der Waals surface area contributed by atoms with Gasteiger partial charge in [0.2, 0.25) is 17.7 Å². The van der Waals surface area contributed by atoms with Crippen molar-refractivity contribution in [2.24, 2.45) is 5.92 Å². The molecule has 2 saturated heterocycles. The van der Waals surface area contributed by atoms with Crippen molar-refractivity contribution >= 4 is 17.7 Å². The van der Waals surface area contributed by atoms with Crippen molar-refractivity contribution in [3.8, 4) is 0 Å². The van der Waals surface area contributed by atoms with Crippen molar-refractivity contribution in [3.05, 3.63) is 35.9 Å². The summed E-state index contributed by atoms with van der Waals surface area (Å²) in [5.74, 6) is -0.126. The Bertz CT molecular complexity index is 624. The highest BCUT2D eigenvalue weighted by Crippen LogP contribution is 2.22. The van der Waals surface area contributed by atoms with E-state index in [0.29, 0.717) is 45.7 Å². The molecule has 0 spiro atoms. The fourth-order valence-electron chi connectivity index (χ4n) is 3.39. The molecule has 0 aromatic heterocycles. The Labute approximate surface area is 142 Å². The molecule has 1 atom stereocenters. The molecule has 6 nitrogen and oxygen atoms in total. The van der Waals surface area contributed by atoms with E-state index in [2.05, 4.69) is 0 Å². The van der Waals surface area contributed by atoms with Gasteiger partial charge in [0, 0.05) is 52.6 Å². The second kappa shape index (κ2) is 7.03. The van der Waals surface area contributed by atoms with Crippen molar-refractivity contribution in [2.75, 3.05) is 32.7 Å². The monoisotopic (exact) mass is 329 g/mol. The van der Waals surface area contributed by atoms with E-state index in [1.165, 1.54) is 0 Å². The number of rotatable bonds is 3. The van der Waals surface area contributed by atoms with Gasteiger partial charge in [-0.1, -0.05) is 30.3 Å². The van der Waals surface area contributed by atoms with Gasteiger partial charge >= 0.3 is 0 Å². The Hall–Kier alpha value is -2.37. The molecule has 0 saturated carbocycles. The number of carbonyl (C=O) groups is 3. The molecule has 24 heavy (non-hydrogen) atoms. The van der Waals surface area contributed by atoms with Crippen molar-refractivity contribution in [1.82, 2.24) is 14.7 Å². The number of carbonyl (C=O) groups excluding carboxylic acids is 3. The standard InChI is InChI=1S/C18H23N3O3/c1-14(22)19-7-9-20(10-8-19)18(24)16-11-17(23)21(13-16)12-15-5-3-2-4-6-15/h2-6,16H,7-13H2,1H3. The van der Waals surface area contributed by atoms with Gasteiger partial charge in [0.1, 0.15) is 0 Å². The lowest BCUT2D eigenvalue weighted by Gasteiger charge is -2.35. The number of hydrogen-bond acceptors (Lipinski definition) is 3. The maximum absolute atomic E-state index is 12.7. The predicted octanol–water partition coefficient (Wildman–Crippen LogP) is 0.726. The Kier molecular flexibility index (Phi) is 4.83. The number of nitrogens with zero attached hydrogens (tertiary/aromatic N) is 3. The highest BCUT2D eigenvalue weighted by molar-refractivity contribution is 5.89. The van der Waals surface area contributed by atoms with Crippen LogP contribution in [0.5, 0.6) is 0 Å². The lowest BCUT2D eigenvalue weighted by atomic mass is 10.1. The third-order valence-electron chi connectivity index (χ3n) is 4.82. The van der Waals surface area contributed by atoms with Crippen LogP contribution in [0.25, 0.3) is 0 Å². The van der Waals surface area contributed by atoms with Gasteiger partial charge < -0.3 is 14.7 Å². The van der Waals surface area contributed by atoms with Crippen molar-refractivity contribution in [1.29, 1.82) is 0 Å². The molecule has 0 radical (unpaired) electrons. The molecular formula is C18H23N3O3. The van der Waals surface area contributed by atoms with Gasteiger partial charge in [-0.15, -0.1) is 0 Å². The largest absolute Gasteiger partial charge is 0.339 e. The molecule has 1 aromatic carbocycles. The van der Waals surface area contributed by atoms with E-state index in [1.54, 1.807) is 21.6 Å². The topological polar surface area (TPSA) is 60.9 Å². The van der Waals surface area contributed by atoms with Crippen molar-refractivity contribution in [3.63, 3.8) is 0 Å². The Morgan fingerprint density at radius 2 is 1.67 bits per heavy atom. The summed E-state index contributed by atoms with van der Waals surface area (Å²) in [7, 11) is 0. The fourth-order valence-corrected chi connectivity index (χ4v) is 3.39. The summed E-state index contributed by atoms with van der Waals surface area (Å²) in [4.78, 5) is 41.6. The van der Waals surface area contributed by atoms with Gasteiger partial charge in [0.05, 0.1) is 5.92 Å². The van der Waals surface area contributed by atoms with Crippen LogP contribution in [0.15, 0.2) is 30.3 Å². The van der Waals surface area contributed by atoms with Crippen LogP contribution in [-0.2, 0) is 20.9 Å². The number of piperazine rings is 1. The summed E-state index contributed by atoms with van der Waals surface area (Å²) in [6, 6.07) is 9.83. The van der Waals surface area contributed by atoms with Gasteiger partial charge in [-0.3, -0.25) is 14.4 Å². The molecule has 0 aliphatic carbocycles. The molecule has 2 aliphatic heterocycles. The Balaban J connectivity index is 1.55. The van der Waals surface area contributed by atoms with Gasteiger partial charge in [-0.25, -0.2) is 0 Å². The zero-order valence-electron chi connectivity index (χ0n) is 14.0. The van der Waals surface area contributed by atoms with E-state index >= 15 is 0 Å². The molecule has 0 bridgehead atoms. The van der Waals surface area contributed by atoms with Crippen molar-refractivity contribution in [2.45, 2.75) is 19.9 Å². The van der Waals surface area contributed by atoms with E-state index in [-0.39, 0.29) is 23.6 Å². The lowest BCUT2D eigenvalue weighted by molar-refractivity contribution is -0.141. The third-order valence-corrected chi connectivity index (χ3v) is 4.82. The number of benzene rings is 1. The summed E-state index contributed by atoms with van der Waals surface area (Å²) in [5, 5.41) is 0. The first-order valence-corrected chi connectivity index (χ1v) is 8.40. The van der Waals surface area contributed by atoms with Crippen LogP contribution in [0.3, 0.4) is 0 Å². The third kappa shape index (κ3) is 3.58. The van der Waals surface area contributed by atoms with E-state index < -0.39 is 0 Å². The van der Waals surface area contributed by atoms with Gasteiger partial charge in [0.15, 0.2) is 0 Å². The molecule has 128 valence electrons. The maximum Gasteiger partial charge on any atom is 0.228 e. The van der Waals surface area contributed by atoms with Gasteiger partial charge in [0.25, 0.3) is 0 Å². The Morgan fingerprint density at radius 1 is 1.04 bits per heavy atom. The summed E-state index contributed by atoms with van der Waals surface area (Å²) in [6.07, 6.45) is 0.290. The van der Waals surface area contributed by atoms with Gasteiger partial charge in [-0.2, -0.15) is 0 Å². The van der Waals surface area contributed by atoms with E-state index in [4.69, 9.17) is 0 Å². The van der Waals surface area contributed by atoms with Gasteiger partial charge in [-0.05, 0) is 5.56 Å². The summed E-state index contributed by atoms with van der Waals surface area (Å²) < 4.78 is 0. The molecule has 2 fully saturated rings.